The Bertz CT molecular complexity index is 545. The molecule has 0 spiro atoms. The van der Waals surface area contributed by atoms with Crippen LogP contribution in [0.15, 0.2) is 29.3 Å². The van der Waals surface area contributed by atoms with Crippen LogP contribution in [0.25, 0.3) is 0 Å². The molecule has 0 saturated carbocycles. The highest BCUT2D eigenvalue weighted by Gasteiger charge is 2.20. The molecule has 0 bridgehead atoms. The first-order chi connectivity index (χ1) is 12.0. The molecule has 26 heavy (non-hydrogen) atoms. The van der Waals surface area contributed by atoms with Crippen molar-refractivity contribution < 1.29 is 9.50 Å². The molecule has 1 heterocycles. The zero-order valence-corrected chi connectivity index (χ0v) is 18.3. The quantitative estimate of drug-likeness (QED) is 0.375. The number of rotatable bonds is 6. The molecule has 0 amide bonds. The third-order valence-electron chi connectivity index (χ3n) is 4.30. The predicted molar refractivity (Wildman–Crippen MR) is 116 cm³/mol. The second-order valence-corrected chi connectivity index (χ2v) is 6.94. The van der Waals surface area contributed by atoms with Crippen molar-refractivity contribution in [2.75, 3.05) is 45.8 Å². The number of aliphatic hydroxyl groups excluding tert-OH is 1. The monoisotopic (exact) mass is 478 g/mol. The molecule has 1 aliphatic rings. The summed E-state index contributed by atoms with van der Waals surface area (Å²) in [6.07, 6.45) is -0.725. The average molecular weight is 478 g/mol. The van der Waals surface area contributed by atoms with Gasteiger partial charge in [-0.05, 0) is 30.5 Å². The topological polar surface area (TPSA) is 51.1 Å². The Labute approximate surface area is 173 Å². The molecule has 1 atom stereocenters. The second kappa shape index (κ2) is 11.7. The van der Waals surface area contributed by atoms with Crippen LogP contribution in [-0.2, 0) is 0 Å². The van der Waals surface area contributed by atoms with E-state index in [1.54, 1.807) is 12.1 Å². The molecule has 2 N–H and O–H groups in total. The maximum atomic E-state index is 13.0. The van der Waals surface area contributed by atoms with Crippen LogP contribution in [-0.4, -0.2) is 66.7 Å². The molecule has 2 rings (SSSR count). The van der Waals surface area contributed by atoms with Gasteiger partial charge in [-0.2, -0.15) is 0 Å². The lowest BCUT2D eigenvalue weighted by molar-refractivity contribution is 0.162. The summed E-state index contributed by atoms with van der Waals surface area (Å²) in [6, 6.07) is 5.93. The Kier molecular flexibility index (Phi) is 10.4. The molecule has 1 aliphatic heterocycles. The van der Waals surface area contributed by atoms with Crippen molar-refractivity contribution in [1.82, 2.24) is 15.1 Å². The molecule has 1 aromatic carbocycles. The number of nitrogens with zero attached hydrogens (tertiary/aromatic N) is 3. The van der Waals surface area contributed by atoms with Crippen molar-refractivity contribution in [2.45, 2.75) is 26.9 Å². The van der Waals surface area contributed by atoms with Gasteiger partial charge in [0, 0.05) is 39.3 Å². The van der Waals surface area contributed by atoms with Gasteiger partial charge in [-0.1, -0.05) is 26.0 Å². The lowest BCUT2D eigenvalue weighted by atomic mass is 10.1. The number of benzene rings is 1. The molecule has 1 saturated heterocycles. The minimum atomic E-state index is -0.725. The van der Waals surface area contributed by atoms with Gasteiger partial charge >= 0.3 is 0 Å². The maximum absolute atomic E-state index is 13.0. The first-order valence-electron chi connectivity index (χ1n) is 9.18. The van der Waals surface area contributed by atoms with E-state index in [0.29, 0.717) is 11.5 Å². The highest BCUT2D eigenvalue weighted by Crippen LogP contribution is 2.14. The molecule has 0 aliphatic carbocycles. The van der Waals surface area contributed by atoms with Gasteiger partial charge in [-0.3, -0.25) is 9.89 Å². The van der Waals surface area contributed by atoms with Crippen LogP contribution in [0.2, 0.25) is 0 Å². The first kappa shape index (κ1) is 23.1. The molecule has 1 fully saturated rings. The average Bonchev–Trinajstić information content (AvgIpc) is 2.59. The van der Waals surface area contributed by atoms with Gasteiger partial charge in [0.15, 0.2) is 5.96 Å². The molecule has 0 aromatic heterocycles. The fraction of sp³-hybridized carbons (Fsp3) is 0.632. The molecule has 5 nitrogen and oxygen atoms in total. The van der Waals surface area contributed by atoms with Gasteiger partial charge in [-0.25, -0.2) is 4.39 Å². The normalized spacial score (nSPS) is 17.2. The summed E-state index contributed by atoms with van der Waals surface area (Å²) in [5, 5.41) is 13.6. The molecule has 1 unspecified atom stereocenters. The fourth-order valence-corrected chi connectivity index (χ4v) is 3.05. The van der Waals surface area contributed by atoms with Crippen molar-refractivity contribution in [2.24, 2.45) is 10.9 Å². The van der Waals surface area contributed by atoms with Crippen molar-refractivity contribution in [3.8, 4) is 0 Å². The van der Waals surface area contributed by atoms with Crippen molar-refractivity contribution >= 4 is 29.9 Å². The smallest absolute Gasteiger partial charge is 0.194 e. The molecule has 148 valence electrons. The van der Waals surface area contributed by atoms with Crippen LogP contribution in [0, 0.1) is 11.7 Å². The Morgan fingerprint density at radius 3 is 2.35 bits per heavy atom. The van der Waals surface area contributed by atoms with E-state index in [1.165, 1.54) is 12.1 Å². The molecule has 7 heteroatoms. The van der Waals surface area contributed by atoms with E-state index in [9.17, 15) is 9.50 Å². The SMILES string of the molecule is CCNC(=NCC(O)c1ccc(F)cc1)N1CCN(CC(C)C)CC1.I. The second-order valence-electron chi connectivity index (χ2n) is 6.94. The van der Waals surface area contributed by atoms with E-state index in [4.69, 9.17) is 0 Å². The highest BCUT2D eigenvalue weighted by atomic mass is 127. The molecular formula is C19H32FIN4O. The van der Waals surface area contributed by atoms with E-state index in [1.807, 2.05) is 6.92 Å². The number of guanidine groups is 1. The van der Waals surface area contributed by atoms with Crippen LogP contribution in [0.1, 0.15) is 32.4 Å². The highest BCUT2D eigenvalue weighted by molar-refractivity contribution is 14.0. The van der Waals surface area contributed by atoms with E-state index >= 15 is 0 Å². The molecular weight excluding hydrogens is 446 g/mol. The number of hydrogen-bond donors (Lipinski definition) is 2. The Morgan fingerprint density at radius 2 is 1.81 bits per heavy atom. The number of aliphatic imine (C=N–C) groups is 1. The standard InChI is InChI=1S/C19H31FN4O.HI/c1-4-21-19(24-11-9-23(10-12-24)14-15(2)3)22-13-18(25)16-5-7-17(20)8-6-16;/h5-8,15,18,25H,4,9-14H2,1-3H3,(H,21,22);1H. The van der Waals surface area contributed by atoms with Gasteiger partial charge in [0.2, 0.25) is 0 Å². The van der Waals surface area contributed by atoms with E-state index < -0.39 is 6.10 Å². The molecule has 0 radical (unpaired) electrons. The summed E-state index contributed by atoms with van der Waals surface area (Å²) in [6.45, 7) is 12.6. The van der Waals surface area contributed by atoms with Gasteiger partial charge in [-0.15, -0.1) is 24.0 Å². The fourth-order valence-electron chi connectivity index (χ4n) is 3.05. The summed E-state index contributed by atoms with van der Waals surface area (Å²) in [5.41, 5.74) is 0.683. The third kappa shape index (κ3) is 7.36. The number of aliphatic hydroxyl groups is 1. The van der Waals surface area contributed by atoms with Crippen molar-refractivity contribution in [3.63, 3.8) is 0 Å². The minimum Gasteiger partial charge on any atom is -0.386 e. The van der Waals surface area contributed by atoms with Gasteiger partial charge in [0.1, 0.15) is 5.82 Å². The summed E-state index contributed by atoms with van der Waals surface area (Å²) < 4.78 is 13.0. The Morgan fingerprint density at radius 1 is 1.19 bits per heavy atom. The summed E-state index contributed by atoms with van der Waals surface area (Å²) in [4.78, 5) is 9.32. The Balaban J connectivity index is 0.00000338. The lowest BCUT2D eigenvalue weighted by Crippen LogP contribution is -2.53. The van der Waals surface area contributed by atoms with Gasteiger partial charge < -0.3 is 15.3 Å². The van der Waals surface area contributed by atoms with Crippen LogP contribution < -0.4 is 5.32 Å². The van der Waals surface area contributed by atoms with Crippen LogP contribution in [0.5, 0.6) is 0 Å². The van der Waals surface area contributed by atoms with E-state index in [-0.39, 0.29) is 36.3 Å². The molecule has 1 aromatic rings. The summed E-state index contributed by atoms with van der Waals surface area (Å²) >= 11 is 0. The van der Waals surface area contributed by atoms with E-state index in [2.05, 4.69) is 34.0 Å². The number of nitrogens with one attached hydrogen (secondary N) is 1. The van der Waals surface area contributed by atoms with Gasteiger partial charge in [0.05, 0.1) is 12.6 Å². The predicted octanol–water partition coefficient (Wildman–Crippen LogP) is 2.72. The van der Waals surface area contributed by atoms with Crippen LogP contribution in [0.3, 0.4) is 0 Å². The third-order valence-corrected chi connectivity index (χ3v) is 4.30. The zero-order chi connectivity index (χ0) is 18.2. The maximum Gasteiger partial charge on any atom is 0.194 e. The zero-order valence-electron chi connectivity index (χ0n) is 16.0. The number of piperazine rings is 1. The first-order valence-corrected chi connectivity index (χ1v) is 9.18. The lowest BCUT2D eigenvalue weighted by Gasteiger charge is -2.37. The van der Waals surface area contributed by atoms with E-state index in [0.717, 1.165) is 45.2 Å². The van der Waals surface area contributed by atoms with Crippen LogP contribution >= 0.6 is 24.0 Å². The number of hydrogen-bond acceptors (Lipinski definition) is 3. The van der Waals surface area contributed by atoms with Crippen molar-refractivity contribution in [1.29, 1.82) is 0 Å². The van der Waals surface area contributed by atoms with Crippen LogP contribution in [0.4, 0.5) is 4.39 Å². The van der Waals surface area contributed by atoms with Gasteiger partial charge in [0.25, 0.3) is 0 Å². The largest absolute Gasteiger partial charge is 0.386 e. The summed E-state index contributed by atoms with van der Waals surface area (Å²) in [7, 11) is 0. The number of halogens is 2. The Hall–Kier alpha value is -0.930. The minimum absolute atomic E-state index is 0. The van der Waals surface area contributed by atoms with Crippen molar-refractivity contribution in [3.05, 3.63) is 35.6 Å². The summed E-state index contributed by atoms with van der Waals surface area (Å²) in [5.74, 6) is 1.22.